The second kappa shape index (κ2) is 8.50. The van der Waals surface area contributed by atoms with Crippen LogP contribution in [-0.2, 0) is 16.0 Å². The molecule has 2 aromatic carbocycles. The van der Waals surface area contributed by atoms with E-state index in [-0.39, 0.29) is 18.3 Å². The standard InChI is InChI=1S/C27H30N2O4/c1-15-13-23(28-22-10-8-7-9-20(15)22)29-24(31)14-27(6)12-11-21-18(4)25(32-19(5)30)16(2)17(3)26(21)33-27/h7-10,13H,11-12,14H2,1-6H3,(H,28,29,31). The van der Waals surface area contributed by atoms with Gasteiger partial charge in [0.1, 0.15) is 22.9 Å². The Morgan fingerprint density at radius 1 is 1.12 bits per heavy atom. The van der Waals surface area contributed by atoms with Crippen LogP contribution in [0.1, 0.15) is 54.5 Å². The first-order chi connectivity index (χ1) is 15.6. The Bertz CT molecular complexity index is 1280. The largest absolute Gasteiger partial charge is 0.486 e. The molecule has 1 aliphatic rings. The Hall–Kier alpha value is -3.41. The van der Waals surface area contributed by atoms with Crippen molar-refractivity contribution in [1.82, 2.24) is 4.98 Å². The molecule has 1 aliphatic heterocycles. The number of carbonyl (C=O) groups excluding carboxylic acids is 2. The molecule has 33 heavy (non-hydrogen) atoms. The molecule has 1 N–H and O–H groups in total. The van der Waals surface area contributed by atoms with Crippen LogP contribution in [0.25, 0.3) is 10.9 Å². The average molecular weight is 447 g/mol. The summed E-state index contributed by atoms with van der Waals surface area (Å²) >= 11 is 0. The predicted molar refractivity (Wildman–Crippen MR) is 129 cm³/mol. The Kier molecular flexibility index (Phi) is 5.87. The number of nitrogens with zero attached hydrogens (tertiary/aromatic N) is 1. The number of nitrogens with one attached hydrogen (secondary N) is 1. The minimum atomic E-state index is -0.643. The molecule has 0 spiro atoms. The first-order valence-electron chi connectivity index (χ1n) is 11.2. The van der Waals surface area contributed by atoms with E-state index in [1.54, 1.807) is 0 Å². The second-order valence-corrected chi connectivity index (χ2v) is 9.22. The molecule has 4 rings (SSSR count). The molecule has 1 atom stereocenters. The maximum atomic E-state index is 13.0. The van der Waals surface area contributed by atoms with Crippen LogP contribution in [0, 0.1) is 27.7 Å². The van der Waals surface area contributed by atoms with Gasteiger partial charge < -0.3 is 14.8 Å². The summed E-state index contributed by atoms with van der Waals surface area (Å²) in [5, 5.41) is 4.03. The van der Waals surface area contributed by atoms with Gasteiger partial charge in [-0.25, -0.2) is 4.98 Å². The highest BCUT2D eigenvalue weighted by Crippen LogP contribution is 2.44. The lowest BCUT2D eigenvalue weighted by Gasteiger charge is -2.37. The Balaban J connectivity index is 1.55. The van der Waals surface area contributed by atoms with Crippen molar-refractivity contribution in [1.29, 1.82) is 0 Å². The number of pyridine rings is 1. The molecule has 0 saturated heterocycles. The summed E-state index contributed by atoms with van der Waals surface area (Å²) in [6.45, 7) is 11.2. The topological polar surface area (TPSA) is 77.5 Å². The number of aromatic nitrogens is 1. The third-order valence-electron chi connectivity index (χ3n) is 6.53. The van der Waals surface area contributed by atoms with Crippen LogP contribution in [0.4, 0.5) is 5.82 Å². The van der Waals surface area contributed by atoms with Crippen LogP contribution in [-0.4, -0.2) is 22.5 Å². The van der Waals surface area contributed by atoms with Gasteiger partial charge in [0.25, 0.3) is 0 Å². The van der Waals surface area contributed by atoms with Gasteiger partial charge in [-0.15, -0.1) is 0 Å². The van der Waals surface area contributed by atoms with Crippen molar-refractivity contribution >= 4 is 28.6 Å². The van der Waals surface area contributed by atoms with Crippen molar-refractivity contribution < 1.29 is 19.1 Å². The summed E-state index contributed by atoms with van der Waals surface area (Å²) in [5.74, 6) is 1.48. The molecule has 0 aliphatic carbocycles. The number of aryl methyl sites for hydroxylation is 1. The highest BCUT2D eigenvalue weighted by Gasteiger charge is 2.37. The van der Waals surface area contributed by atoms with E-state index in [0.29, 0.717) is 18.0 Å². The third-order valence-corrected chi connectivity index (χ3v) is 6.53. The van der Waals surface area contributed by atoms with Crippen molar-refractivity contribution in [2.24, 2.45) is 0 Å². The van der Waals surface area contributed by atoms with Gasteiger partial charge in [0.2, 0.25) is 5.91 Å². The van der Waals surface area contributed by atoms with Crippen LogP contribution < -0.4 is 14.8 Å². The number of esters is 1. The summed E-state index contributed by atoms with van der Waals surface area (Å²) < 4.78 is 11.9. The second-order valence-electron chi connectivity index (χ2n) is 9.22. The molecule has 2 heterocycles. The smallest absolute Gasteiger partial charge is 0.308 e. The zero-order valence-electron chi connectivity index (χ0n) is 20.1. The fourth-order valence-electron chi connectivity index (χ4n) is 4.64. The van der Waals surface area contributed by atoms with Crippen LogP contribution >= 0.6 is 0 Å². The maximum absolute atomic E-state index is 13.0. The fraction of sp³-hybridized carbons (Fsp3) is 0.370. The lowest BCUT2D eigenvalue weighted by Crippen LogP contribution is -2.40. The molecule has 0 radical (unpaired) electrons. The number of benzene rings is 2. The lowest BCUT2D eigenvalue weighted by molar-refractivity contribution is -0.132. The molecule has 1 unspecified atom stereocenters. The molecule has 6 nitrogen and oxygen atoms in total. The van der Waals surface area contributed by atoms with Gasteiger partial charge in [-0.1, -0.05) is 18.2 Å². The van der Waals surface area contributed by atoms with Gasteiger partial charge >= 0.3 is 5.97 Å². The summed E-state index contributed by atoms with van der Waals surface area (Å²) in [4.78, 5) is 29.1. The summed E-state index contributed by atoms with van der Waals surface area (Å²) in [6.07, 6.45) is 1.64. The highest BCUT2D eigenvalue weighted by atomic mass is 16.5. The number of rotatable bonds is 4. The van der Waals surface area contributed by atoms with Gasteiger partial charge in [0.05, 0.1) is 11.9 Å². The van der Waals surface area contributed by atoms with Gasteiger partial charge in [-0.3, -0.25) is 9.59 Å². The Morgan fingerprint density at radius 3 is 2.58 bits per heavy atom. The maximum Gasteiger partial charge on any atom is 0.308 e. The van der Waals surface area contributed by atoms with Crippen molar-refractivity contribution in [2.75, 3.05) is 5.32 Å². The molecule has 0 saturated carbocycles. The number of hydrogen-bond acceptors (Lipinski definition) is 5. The Labute approximate surface area is 194 Å². The van der Waals surface area contributed by atoms with E-state index in [4.69, 9.17) is 9.47 Å². The lowest BCUT2D eigenvalue weighted by atomic mass is 9.85. The summed E-state index contributed by atoms with van der Waals surface area (Å²) in [6, 6.07) is 9.78. The molecule has 6 heteroatoms. The summed E-state index contributed by atoms with van der Waals surface area (Å²) in [7, 11) is 0. The van der Waals surface area contributed by atoms with Crippen molar-refractivity contribution in [2.45, 2.75) is 66.4 Å². The SMILES string of the molecule is CC(=O)Oc1c(C)c(C)c2c(c1C)CCC(C)(CC(=O)Nc1cc(C)c3ccccc3n1)O2. The van der Waals surface area contributed by atoms with Crippen molar-refractivity contribution in [3.63, 3.8) is 0 Å². The molecule has 1 aromatic heterocycles. The summed E-state index contributed by atoms with van der Waals surface area (Å²) in [5.41, 5.74) is 5.05. The van der Waals surface area contributed by atoms with Gasteiger partial charge in [-0.05, 0) is 81.8 Å². The van der Waals surface area contributed by atoms with E-state index in [1.807, 2.05) is 65.0 Å². The highest BCUT2D eigenvalue weighted by molar-refractivity contribution is 5.93. The van der Waals surface area contributed by atoms with Crippen LogP contribution in [0.3, 0.4) is 0 Å². The third kappa shape index (κ3) is 4.42. The minimum absolute atomic E-state index is 0.134. The van der Waals surface area contributed by atoms with Crippen LogP contribution in [0.2, 0.25) is 0 Å². The number of para-hydroxylation sites is 1. The number of ether oxygens (including phenoxy) is 2. The number of fused-ring (bicyclic) bond motifs is 2. The monoisotopic (exact) mass is 446 g/mol. The first-order valence-corrected chi connectivity index (χ1v) is 11.2. The van der Waals surface area contributed by atoms with Crippen LogP contribution in [0.5, 0.6) is 11.5 Å². The molecule has 1 amide bonds. The van der Waals surface area contributed by atoms with E-state index in [1.165, 1.54) is 6.92 Å². The fourth-order valence-corrected chi connectivity index (χ4v) is 4.64. The molecular weight excluding hydrogens is 416 g/mol. The zero-order chi connectivity index (χ0) is 23.9. The average Bonchev–Trinajstić information content (AvgIpc) is 2.74. The van der Waals surface area contributed by atoms with E-state index in [0.717, 1.165) is 50.9 Å². The predicted octanol–water partition coefficient (Wildman–Crippen LogP) is 5.51. The van der Waals surface area contributed by atoms with Crippen LogP contribution in [0.15, 0.2) is 30.3 Å². The molecule has 0 fully saturated rings. The molecule has 3 aromatic rings. The number of anilines is 1. The normalized spacial score (nSPS) is 17.3. The quantitative estimate of drug-likeness (QED) is 0.423. The van der Waals surface area contributed by atoms with E-state index < -0.39 is 5.60 Å². The van der Waals surface area contributed by atoms with Gasteiger partial charge in [0.15, 0.2) is 0 Å². The van der Waals surface area contributed by atoms with E-state index in [9.17, 15) is 9.59 Å². The first kappa shape index (κ1) is 22.8. The number of hydrogen-bond donors (Lipinski definition) is 1. The molecular formula is C27H30N2O4. The van der Waals surface area contributed by atoms with Gasteiger partial charge in [-0.2, -0.15) is 0 Å². The van der Waals surface area contributed by atoms with E-state index in [2.05, 4.69) is 10.3 Å². The number of carbonyl (C=O) groups is 2. The number of amides is 1. The zero-order valence-corrected chi connectivity index (χ0v) is 20.1. The van der Waals surface area contributed by atoms with Crippen molar-refractivity contribution in [3.8, 4) is 11.5 Å². The van der Waals surface area contributed by atoms with Crippen molar-refractivity contribution in [3.05, 3.63) is 58.1 Å². The molecule has 172 valence electrons. The van der Waals surface area contributed by atoms with E-state index >= 15 is 0 Å². The molecule has 0 bridgehead atoms. The minimum Gasteiger partial charge on any atom is -0.486 e. The van der Waals surface area contributed by atoms with Gasteiger partial charge in [0, 0.05) is 17.9 Å². The Morgan fingerprint density at radius 2 is 1.85 bits per heavy atom.